The molecule has 0 unspecified atom stereocenters. The fourth-order valence-electron chi connectivity index (χ4n) is 3.14. The van der Waals surface area contributed by atoms with E-state index in [4.69, 9.17) is 10.2 Å². The number of benzene rings is 2. The van der Waals surface area contributed by atoms with Crippen molar-refractivity contribution in [1.82, 2.24) is 5.32 Å². The van der Waals surface area contributed by atoms with E-state index in [0.717, 1.165) is 49.9 Å². The molecule has 0 aromatic heterocycles. The van der Waals surface area contributed by atoms with Crippen molar-refractivity contribution in [3.05, 3.63) is 65.7 Å². The molecule has 0 amide bonds. The van der Waals surface area contributed by atoms with E-state index in [-0.39, 0.29) is 0 Å². The highest BCUT2D eigenvalue weighted by atomic mass is 32.2. The van der Waals surface area contributed by atoms with E-state index >= 15 is 0 Å². The molecule has 0 radical (unpaired) electrons. The van der Waals surface area contributed by atoms with Gasteiger partial charge < -0.3 is 15.5 Å². The van der Waals surface area contributed by atoms with Gasteiger partial charge >= 0.3 is 0 Å². The Morgan fingerprint density at radius 1 is 0.667 bits per heavy atom. The Morgan fingerprint density at radius 2 is 1.12 bits per heavy atom. The molecular weight excluding hydrogens is 434 g/mol. The molecule has 2 aromatic carbocycles. The van der Waals surface area contributed by atoms with E-state index in [9.17, 15) is 8.42 Å². The Balaban J connectivity index is 0.000000337. The number of aliphatic hydroxyl groups excluding tert-OH is 2. The molecule has 0 spiro atoms. The highest BCUT2D eigenvalue weighted by molar-refractivity contribution is 7.90. The van der Waals surface area contributed by atoms with Crippen molar-refractivity contribution in [2.75, 3.05) is 32.6 Å². The number of sulfone groups is 1. The molecule has 6 heteroatoms. The van der Waals surface area contributed by atoms with Gasteiger partial charge in [0.05, 0.1) is 4.90 Å². The smallest absolute Gasteiger partial charge is 0.175 e. The predicted molar refractivity (Wildman–Crippen MR) is 139 cm³/mol. The highest BCUT2D eigenvalue weighted by Gasteiger charge is 2.04. The number of aliphatic hydroxyl groups is 2. The minimum absolute atomic E-state index is 0.332. The molecule has 0 fully saturated rings. The number of hydrogen-bond donors (Lipinski definition) is 3. The van der Waals surface area contributed by atoms with E-state index in [1.807, 2.05) is 42.5 Å². The first-order valence-electron chi connectivity index (χ1n) is 11.9. The van der Waals surface area contributed by atoms with Crippen LogP contribution in [-0.2, 0) is 9.84 Å². The largest absolute Gasteiger partial charge is 0.396 e. The molecule has 0 bridgehead atoms. The van der Waals surface area contributed by atoms with Crippen LogP contribution in [0.5, 0.6) is 0 Å². The van der Waals surface area contributed by atoms with Gasteiger partial charge in [-0.25, -0.2) is 8.42 Å². The van der Waals surface area contributed by atoms with Crippen LogP contribution >= 0.6 is 0 Å². The quantitative estimate of drug-likeness (QED) is 0.251. The molecule has 2 rings (SSSR count). The Morgan fingerprint density at radius 3 is 1.58 bits per heavy atom. The van der Waals surface area contributed by atoms with Crippen molar-refractivity contribution in [2.45, 2.75) is 56.3 Å². The van der Waals surface area contributed by atoms with Crippen LogP contribution in [0, 0.1) is 0 Å². The maximum atomic E-state index is 11.3. The lowest BCUT2D eigenvalue weighted by atomic mass is 10.1. The second-order valence-corrected chi connectivity index (χ2v) is 10.1. The number of unbranched alkanes of at least 4 members (excludes halogenated alkanes) is 6. The Kier molecular flexibility index (Phi) is 16.2. The lowest BCUT2D eigenvalue weighted by Gasteiger charge is -2.04. The number of nitrogens with one attached hydrogen (secondary N) is 1. The summed E-state index contributed by atoms with van der Waals surface area (Å²) in [5.41, 5.74) is 2.09. The van der Waals surface area contributed by atoms with Crippen LogP contribution in [0.1, 0.15) is 62.5 Å². The summed E-state index contributed by atoms with van der Waals surface area (Å²) in [7, 11) is -3.11. The van der Waals surface area contributed by atoms with Crippen LogP contribution in [0.25, 0.3) is 12.2 Å². The minimum Gasteiger partial charge on any atom is -0.396 e. The fraction of sp³-hybridized carbons (Fsp3) is 0.481. The van der Waals surface area contributed by atoms with Gasteiger partial charge in [-0.05, 0) is 62.0 Å². The SMILES string of the molecule is CS(=O)(=O)c1ccc(C=Cc2ccccc2)cc1.OCCCCCCNCCCCCCO. The van der Waals surface area contributed by atoms with Gasteiger partial charge in [0.1, 0.15) is 0 Å². The Bertz CT molecular complexity index is 837. The molecule has 0 heterocycles. The molecular formula is C27H41NO4S. The van der Waals surface area contributed by atoms with Gasteiger partial charge in [0.25, 0.3) is 0 Å². The summed E-state index contributed by atoms with van der Waals surface area (Å²) in [5, 5.41) is 20.6. The molecule has 184 valence electrons. The first kappa shape index (κ1) is 29.0. The second-order valence-electron chi connectivity index (χ2n) is 8.11. The zero-order chi connectivity index (χ0) is 24.2. The van der Waals surface area contributed by atoms with Crippen LogP contribution < -0.4 is 5.32 Å². The Hall–Kier alpha value is -1.99. The molecule has 0 aliphatic heterocycles. The lowest BCUT2D eigenvalue weighted by Crippen LogP contribution is -2.16. The molecule has 0 aliphatic carbocycles. The van der Waals surface area contributed by atoms with E-state index in [1.165, 1.54) is 31.9 Å². The van der Waals surface area contributed by atoms with E-state index in [1.54, 1.807) is 24.3 Å². The van der Waals surface area contributed by atoms with Gasteiger partial charge in [0.2, 0.25) is 0 Å². The van der Waals surface area contributed by atoms with Crippen molar-refractivity contribution in [1.29, 1.82) is 0 Å². The highest BCUT2D eigenvalue weighted by Crippen LogP contribution is 2.13. The minimum atomic E-state index is -3.11. The van der Waals surface area contributed by atoms with Crippen molar-refractivity contribution in [3.8, 4) is 0 Å². The first-order chi connectivity index (χ1) is 16.0. The summed E-state index contributed by atoms with van der Waals surface area (Å²) in [6, 6.07) is 16.8. The van der Waals surface area contributed by atoms with E-state index in [0.29, 0.717) is 18.1 Å². The maximum Gasteiger partial charge on any atom is 0.175 e. The van der Waals surface area contributed by atoms with Crippen LogP contribution in [-0.4, -0.2) is 51.2 Å². The molecule has 0 atom stereocenters. The van der Waals surface area contributed by atoms with Crippen LogP contribution in [0.4, 0.5) is 0 Å². The summed E-state index contributed by atoms with van der Waals surface area (Å²) in [5.74, 6) is 0. The van der Waals surface area contributed by atoms with Gasteiger partial charge in [0.15, 0.2) is 9.84 Å². The van der Waals surface area contributed by atoms with Gasteiger partial charge in [-0.1, -0.05) is 80.3 Å². The summed E-state index contributed by atoms with van der Waals surface area (Å²) < 4.78 is 22.6. The third kappa shape index (κ3) is 15.5. The molecule has 33 heavy (non-hydrogen) atoms. The van der Waals surface area contributed by atoms with Crippen molar-refractivity contribution < 1.29 is 18.6 Å². The first-order valence-corrected chi connectivity index (χ1v) is 13.8. The van der Waals surface area contributed by atoms with Gasteiger partial charge in [0, 0.05) is 19.5 Å². The summed E-state index contributed by atoms with van der Waals surface area (Å²) in [6.45, 7) is 2.87. The van der Waals surface area contributed by atoms with Gasteiger partial charge in [-0.15, -0.1) is 0 Å². The van der Waals surface area contributed by atoms with E-state index in [2.05, 4.69) is 5.32 Å². The zero-order valence-electron chi connectivity index (χ0n) is 20.0. The Labute approximate surface area is 200 Å². The molecule has 5 nitrogen and oxygen atoms in total. The monoisotopic (exact) mass is 475 g/mol. The van der Waals surface area contributed by atoms with E-state index < -0.39 is 9.84 Å². The summed E-state index contributed by atoms with van der Waals surface area (Å²) in [6.07, 6.45) is 14.2. The molecule has 2 aromatic rings. The second kappa shape index (κ2) is 18.4. The van der Waals surface area contributed by atoms with Gasteiger partial charge in [-0.3, -0.25) is 0 Å². The average molecular weight is 476 g/mol. The molecule has 0 saturated heterocycles. The zero-order valence-corrected chi connectivity index (χ0v) is 20.8. The number of hydrogen-bond acceptors (Lipinski definition) is 5. The lowest BCUT2D eigenvalue weighted by molar-refractivity contribution is 0.282. The average Bonchev–Trinajstić information content (AvgIpc) is 2.82. The van der Waals surface area contributed by atoms with Gasteiger partial charge in [-0.2, -0.15) is 0 Å². The topological polar surface area (TPSA) is 86.6 Å². The van der Waals surface area contributed by atoms with Crippen LogP contribution in [0.15, 0.2) is 59.5 Å². The summed E-state index contributed by atoms with van der Waals surface area (Å²) >= 11 is 0. The number of rotatable bonds is 15. The fourth-order valence-corrected chi connectivity index (χ4v) is 3.77. The maximum absolute atomic E-state index is 11.3. The standard InChI is InChI=1S/C15H14O2S.C12H27NO2/c1-18(16,17)15-11-9-14(10-12-15)8-7-13-5-3-2-4-6-13;14-11-7-3-1-5-9-13-10-6-2-4-8-12-15/h2-12H,1H3;13-15H,1-12H2. The normalized spacial score (nSPS) is 11.4. The molecule has 0 saturated carbocycles. The third-order valence-corrected chi connectivity index (χ3v) is 6.23. The third-order valence-electron chi connectivity index (χ3n) is 5.10. The van der Waals surface area contributed by atoms with Crippen LogP contribution in [0.2, 0.25) is 0 Å². The molecule has 0 aliphatic rings. The van der Waals surface area contributed by atoms with Crippen molar-refractivity contribution >= 4 is 22.0 Å². The summed E-state index contributed by atoms with van der Waals surface area (Å²) in [4.78, 5) is 0.347. The molecule has 3 N–H and O–H groups in total. The van der Waals surface area contributed by atoms with Crippen molar-refractivity contribution in [2.24, 2.45) is 0 Å². The predicted octanol–water partition coefficient (Wildman–Crippen LogP) is 4.94. The van der Waals surface area contributed by atoms with Crippen LogP contribution in [0.3, 0.4) is 0 Å². The van der Waals surface area contributed by atoms with Crippen molar-refractivity contribution in [3.63, 3.8) is 0 Å².